The number of benzene rings is 1. The summed E-state index contributed by atoms with van der Waals surface area (Å²) in [6.45, 7) is 0. The average Bonchev–Trinajstić information content (AvgIpc) is 2.97. The molecule has 1 aromatic carbocycles. The van der Waals surface area contributed by atoms with Crippen molar-refractivity contribution in [1.82, 2.24) is 14.8 Å². The molecule has 0 aliphatic carbocycles. The molecule has 0 unspecified atom stereocenters. The van der Waals surface area contributed by atoms with Crippen molar-refractivity contribution in [2.24, 2.45) is 7.05 Å². The minimum atomic E-state index is -1.56. The number of hydrogen-bond donors (Lipinski definition) is 1. The molecular formula is C16H10F3N5. The molecule has 2 aromatic heterocycles. The Bertz CT molecular complexity index is 965. The van der Waals surface area contributed by atoms with Gasteiger partial charge in [0, 0.05) is 29.9 Å². The van der Waals surface area contributed by atoms with Gasteiger partial charge in [-0.2, -0.15) is 10.4 Å². The lowest BCUT2D eigenvalue weighted by Crippen LogP contribution is -2.00. The molecule has 0 fully saturated rings. The van der Waals surface area contributed by atoms with Gasteiger partial charge in [-0.25, -0.2) is 18.2 Å². The predicted octanol–water partition coefficient (Wildman–Crippen LogP) is 3.02. The van der Waals surface area contributed by atoms with Crippen molar-refractivity contribution in [3.05, 3.63) is 53.6 Å². The largest absolute Gasteiger partial charge is 0.383 e. The molecule has 0 aliphatic heterocycles. The van der Waals surface area contributed by atoms with E-state index in [2.05, 4.69) is 10.1 Å². The number of halogens is 3. The molecule has 0 radical (unpaired) electrons. The van der Waals surface area contributed by atoms with Crippen LogP contribution in [0.2, 0.25) is 0 Å². The van der Waals surface area contributed by atoms with Gasteiger partial charge in [0.25, 0.3) is 0 Å². The zero-order valence-corrected chi connectivity index (χ0v) is 12.4. The van der Waals surface area contributed by atoms with Crippen molar-refractivity contribution in [2.75, 3.05) is 5.73 Å². The van der Waals surface area contributed by atoms with Crippen LogP contribution in [-0.4, -0.2) is 14.8 Å². The third-order valence-corrected chi connectivity index (χ3v) is 3.45. The fourth-order valence-electron chi connectivity index (χ4n) is 2.32. The molecule has 0 saturated carbocycles. The molecule has 2 N–H and O–H groups in total. The summed E-state index contributed by atoms with van der Waals surface area (Å²) in [6, 6.07) is 5.04. The lowest BCUT2D eigenvalue weighted by atomic mass is 10.0. The summed E-state index contributed by atoms with van der Waals surface area (Å²) < 4.78 is 41.6. The van der Waals surface area contributed by atoms with E-state index < -0.39 is 17.5 Å². The number of aromatic nitrogens is 3. The van der Waals surface area contributed by atoms with E-state index in [-0.39, 0.29) is 22.6 Å². The van der Waals surface area contributed by atoms with Gasteiger partial charge in [0.05, 0.1) is 11.9 Å². The molecule has 0 aliphatic rings. The van der Waals surface area contributed by atoms with Crippen LogP contribution >= 0.6 is 0 Å². The topological polar surface area (TPSA) is 80.5 Å². The molecule has 3 rings (SSSR count). The molecule has 24 heavy (non-hydrogen) atoms. The maximum absolute atomic E-state index is 13.5. The van der Waals surface area contributed by atoms with Crippen LogP contribution in [0.1, 0.15) is 5.56 Å². The Morgan fingerprint density at radius 2 is 1.79 bits per heavy atom. The zero-order valence-electron chi connectivity index (χ0n) is 12.4. The molecule has 0 amide bonds. The number of aryl methyl sites for hydroxylation is 1. The van der Waals surface area contributed by atoms with Crippen LogP contribution in [0.5, 0.6) is 0 Å². The summed E-state index contributed by atoms with van der Waals surface area (Å²) >= 11 is 0. The lowest BCUT2D eigenvalue weighted by Gasteiger charge is -2.09. The van der Waals surface area contributed by atoms with Gasteiger partial charge in [-0.05, 0) is 18.2 Å². The van der Waals surface area contributed by atoms with Gasteiger partial charge in [0.15, 0.2) is 17.5 Å². The van der Waals surface area contributed by atoms with Gasteiger partial charge < -0.3 is 5.73 Å². The molecule has 0 atom stereocenters. The van der Waals surface area contributed by atoms with E-state index in [1.54, 1.807) is 13.2 Å². The molecule has 2 heterocycles. The Morgan fingerprint density at radius 1 is 1.12 bits per heavy atom. The van der Waals surface area contributed by atoms with Gasteiger partial charge >= 0.3 is 0 Å². The van der Waals surface area contributed by atoms with Crippen LogP contribution in [0.15, 0.2) is 30.6 Å². The summed E-state index contributed by atoms with van der Waals surface area (Å²) in [4.78, 5) is 3.99. The van der Waals surface area contributed by atoms with Gasteiger partial charge in [-0.3, -0.25) is 4.68 Å². The first-order chi connectivity index (χ1) is 11.4. The third-order valence-electron chi connectivity index (χ3n) is 3.45. The normalized spacial score (nSPS) is 10.6. The van der Waals surface area contributed by atoms with Crippen molar-refractivity contribution in [2.45, 2.75) is 0 Å². The first-order valence-corrected chi connectivity index (χ1v) is 6.75. The summed E-state index contributed by atoms with van der Waals surface area (Å²) in [7, 11) is 1.70. The molecular weight excluding hydrogens is 319 g/mol. The quantitative estimate of drug-likeness (QED) is 0.733. The number of hydrogen-bond acceptors (Lipinski definition) is 4. The fraction of sp³-hybridized carbons (Fsp3) is 0.0625. The minimum Gasteiger partial charge on any atom is -0.383 e. The maximum atomic E-state index is 13.5. The second-order valence-electron chi connectivity index (χ2n) is 5.08. The van der Waals surface area contributed by atoms with E-state index in [4.69, 9.17) is 5.73 Å². The monoisotopic (exact) mass is 329 g/mol. The molecule has 0 bridgehead atoms. The van der Waals surface area contributed by atoms with Crippen molar-refractivity contribution in [3.63, 3.8) is 0 Å². The maximum Gasteiger partial charge on any atom is 0.194 e. The Balaban J connectivity index is 2.25. The fourth-order valence-corrected chi connectivity index (χ4v) is 2.32. The predicted molar refractivity (Wildman–Crippen MR) is 80.9 cm³/mol. The van der Waals surface area contributed by atoms with Crippen LogP contribution in [0, 0.1) is 28.8 Å². The van der Waals surface area contributed by atoms with E-state index in [0.29, 0.717) is 11.1 Å². The third kappa shape index (κ3) is 2.56. The Morgan fingerprint density at radius 3 is 2.33 bits per heavy atom. The average molecular weight is 329 g/mol. The SMILES string of the molecule is Cn1cc(-c2cc(-c3cc(F)c(F)c(F)c3)nc(N)c2C#N)cn1. The van der Waals surface area contributed by atoms with Crippen molar-refractivity contribution >= 4 is 5.82 Å². The van der Waals surface area contributed by atoms with Crippen LogP contribution < -0.4 is 5.73 Å². The van der Waals surface area contributed by atoms with Crippen LogP contribution in [0.4, 0.5) is 19.0 Å². The number of anilines is 1. The highest BCUT2D eigenvalue weighted by Gasteiger charge is 2.17. The standard InChI is InChI=1S/C16H10F3N5/c1-24-7-9(6-22-24)10-4-14(23-16(21)11(10)5-20)8-2-12(17)15(19)13(18)3-8/h2-4,6-7H,1H3,(H2,21,23). The van der Waals surface area contributed by atoms with Crippen molar-refractivity contribution < 1.29 is 13.2 Å². The molecule has 0 saturated heterocycles. The second kappa shape index (κ2) is 5.70. The molecule has 3 aromatic rings. The Hall–Kier alpha value is -3.34. The number of rotatable bonds is 2. The van der Waals surface area contributed by atoms with Gasteiger partial charge in [-0.15, -0.1) is 0 Å². The summed E-state index contributed by atoms with van der Waals surface area (Å²) in [6.07, 6.45) is 3.18. The molecule has 8 heteroatoms. The number of pyridine rings is 1. The van der Waals surface area contributed by atoms with E-state index >= 15 is 0 Å². The second-order valence-corrected chi connectivity index (χ2v) is 5.08. The van der Waals surface area contributed by atoms with E-state index in [0.717, 1.165) is 12.1 Å². The van der Waals surface area contributed by atoms with Crippen LogP contribution in [0.25, 0.3) is 22.4 Å². The van der Waals surface area contributed by atoms with E-state index in [1.807, 2.05) is 6.07 Å². The van der Waals surface area contributed by atoms with Crippen molar-refractivity contribution in [1.29, 1.82) is 5.26 Å². The van der Waals surface area contributed by atoms with Gasteiger partial charge in [0.1, 0.15) is 17.5 Å². The lowest BCUT2D eigenvalue weighted by molar-refractivity contribution is 0.447. The highest BCUT2D eigenvalue weighted by Crippen LogP contribution is 2.31. The number of nitriles is 1. The molecule has 5 nitrogen and oxygen atoms in total. The van der Waals surface area contributed by atoms with Crippen molar-refractivity contribution in [3.8, 4) is 28.5 Å². The molecule has 0 spiro atoms. The number of nitrogens with two attached hydrogens (primary N) is 1. The summed E-state index contributed by atoms with van der Waals surface area (Å²) in [5, 5.41) is 13.3. The van der Waals surface area contributed by atoms with Crippen LogP contribution in [0.3, 0.4) is 0 Å². The van der Waals surface area contributed by atoms with Crippen LogP contribution in [-0.2, 0) is 7.05 Å². The Kier molecular flexibility index (Phi) is 3.69. The first-order valence-electron chi connectivity index (χ1n) is 6.75. The number of nitrogen functional groups attached to an aromatic ring is 1. The Labute approximate surface area is 134 Å². The minimum absolute atomic E-state index is 0.00716. The first kappa shape index (κ1) is 15.6. The highest BCUT2D eigenvalue weighted by molar-refractivity contribution is 5.79. The highest BCUT2D eigenvalue weighted by atomic mass is 19.2. The zero-order chi connectivity index (χ0) is 17.4. The molecule has 120 valence electrons. The summed E-state index contributed by atoms with van der Waals surface area (Å²) in [5.41, 5.74) is 7.04. The van der Waals surface area contributed by atoms with E-state index in [1.165, 1.54) is 16.9 Å². The smallest absolute Gasteiger partial charge is 0.194 e. The number of nitrogens with zero attached hydrogens (tertiary/aromatic N) is 4. The van der Waals surface area contributed by atoms with Gasteiger partial charge in [0.2, 0.25) is 0 Å². The summed E-state index contributed by atoms with van der Waals surface area (Å²) in [5.74, 6) is -4.33. The van der Waals surface area contributed by atoms with Gasteiger partial charge in [-0.1, -0.05) is 0 Å². The van der Waals surface area contributed by atoms with E-state index in [9.17, 15) is 18.4 Å².